The molecule has 0 aliphatic rings. The summed E-state index contributed by atoms with van der Waals surface area (Å²) in [5.74, 6) is -0.450. The minimum absolute atomic E-state index is 0.0924. The van der Waals surface area contributed by atoms with Crippen molar-refractivity contribution in [3.05, 3.63) is 71.9 Å². The standard InChI is InChI=1S/C25H26FN5O4S/c1-15-21(35-22-9-10-28-20-7-6-18(12-19(20)22)36(27,33)34)8-5-16(24(15)26)11-23(32)30-17-13-29-31(14-17)25(2,3)4/h5-10,12-14H,11H2,1-4H3,(H,30,32)(H2,27,33,34). The minimum Gasteiger partial charge on any atom is -0.456 e. The molecule has 188 valence electrons. The Hall–Kier alpha value is -3.83. The summed E-state index contributed by atoms with van der Waals surface area (Å²) in [6, 6.07) is 8.82. The van der Waals surface area contributed by atoms with E-state index in [1.807, 2.05) is 20.8 Å². The van der Waals surface area contributed by atoms with Crippen molar-refractivity contribution in [1.82, 2.24) is 14.8 Å². The largest absolute Gasteiger partial charge is 0.456 e. The first kappa shape index (κ1) is 25.3. The normalized spacial score (nSPS) is 12.1. The van der Waals surface area contributed by atoms with Crippen molar-refractivity contribution in [2.24, 2.45) is 5.14 Å². The molecule has 3 N–H and O–H groups in total. The smallest absolute Gasteiger partial charge is 0.238 e. The van der Waals surface area contributed by atoms with E-state index in [1.54, 1.807) is 36.1 Å². The van der Waals surface area contributed by atoms with Crippen LogP contribution in [0.2, 0.25) is 0 Å². The van der Waals surface area contributed by atoms with Crippen LogP contribution < -0.4 is 15.2 Å². The van der Waals surface area contributed by atoms with Crippen molar-refractivity contribution in [3.63, 3.8) is 0 Å². The maximum absolute atomic E-state index is 15.2. The number of carbonyl (C=O) groups excluding carboxylic acids is 1. The molecule has 0 spiro atoms. The van der Waals surface area contributed by atoms with Crippen LogP contribution in [-0.2, 0) is 26.8 Å². The van der Waals surface area contributed by atoms with Gasteiger partial charge in [-0.25, -0.2) is 17.9 Å². The second-order valence-corrected chi connectivity index (χ2v) is 10.9. The fourth-order valence-electron chi connectivity index (χ4n) is 3.59. The predicted octanol–water partition coefficient (Wildman–Crippen LogP) is 4.25. The molecule has 4 aromatic rings. The maximum atomic E-state index is 15.2. The van der Waals surface area contributed by atoms with Gasteiger partial charge in [0.1, 0.15) is 17.3 Å². The van der Waals surface area contributed by atoms with E-state index in [4.69, 9.17) is 9.88 Å². The molecule has 0 radical (unpaired) electrons. The number of anilines is 1. The first-order valence-corrected chi connectivity index (χ1v) is 12.6. The van der Waals surface area contributed by atoms with E-state index in [0.29, 0.717) is 16.6 Å². The number of halogens is 1. The van der Waals surface area contributed by atoms with Gasteiger partial charge in [0, 0.05) is 23.3 Å². The van der Waals surface area contributed by atoms with E-state index >= 15 is 4.39 Å². The molecule has 0 saturated carbocycles. The number of aromatic nitrogens is 3. The van der Waals surface area contributed by atoms with Gasteiger partial charge >= 0.3 is 0 Å². The first-order valence-electron chi connectivity index (χ1n) is 11.1. The first-order chi connectivity index (χ1) is 16.8. The molecule has 2 aromatic heterocycles. The number of primary sulfonamides is 1. The molecule has 2 aromatic carbocycles. The van der Waals surface area contributed by atoms with Gasteiger partial charge in [0.2, 0.25) is 15.9 Å². The van der Waals surface area contributed by atoms with Gasteiger partial charge in [-0.3, -0.25) is 14.5 Å². The number of benzene rings is 2. The number of ether oxygens (including phenoxy) is 1. The molecule has 0 unspecified atom stereocenters. The number of rotatable bonds is 6. The van der Waals surface area contributed by atoms with E-state index in [-0.39, 0.29) is 45.4 Å². The molecule has 0 atom stereocenters. The molecular formula is C25H26FN5O4S. The Bertz CT molecular complexity index is 1580. The van der Waals surface area contributed by atoms with Gasteiger partial charge in [-0.05, 0) is 63.6 Å². The molecule has 0 bridgehead atoms. The van der Waals surface area contributed by atoms with E-state index < -0.39 is 15.8 Å². The van der Waals surface area contributed by atoms with Crippen molar-refractivity contribution >= 4 is 32.5 Å². The van der Waals surface area contributed by atoms with Crippen molar-refractivity contribution in [3.8, 4) is 11.5 Å². The van der Waals surface area contributed by atoms with Gasteiger partial charge < -0.3 is 10.1 Å². The highest BCUT2D eigenvalue weighted by molar-refractivity contribution is 7.89. The quantitative estimate of drug-likeness (QED) is 0.398. The summed E-state index contributed by atoms with van der Waals surface area (Å²) < 4.78 is 46.4. The molecule has 2 heterocycles. The van der Waals surface area contributed by atoms with Crippen molar-refractivity contribution in [2.45, 2.75) is 44.6 Å². The summed E-state index contributed by atoms with van der Waals surface area (Å²) in [5, 5.41) is 12.6. The van der Waals surface area contributed by atoms with Crippen molar-refractivity contribution < 1.29 is 22.3 Å². The molecule has 36 heavy (non-hydrogen) atoms. The lowest BCUT2D eigenvalue weighted by Crippen LogP contribution is -2.22. The number of amides is 1. The summed E-state index contributed by atoms with van der Waals surface area (Å²) in [7, 11) is -3.93. The van der Waals surface area contributed by atoms with E-state index in [0.717, 1.165) is 0 Å². The highest BCUT2D eigenvalue weighted by atomic mass is 32.2. The molecule has 0 saturated heterocycles. The van der Waals surface area contributed by atoms with Crippen LogP contribution in [0.4, 0.5) is 10.1 Å². The SMILES string of the molecule is Cc1c(Oc2ccnc3ccc(S(N)(=O)=O)cc23)ccc(CC(=O)Nc2cnn(C(C)(C)C)c2)c1F. The number of nitrogens with two attached hydrogens (primary N) is 1. The molecule has 11 heteroatoms. The van der Waals surface area contributed by atoms with Gasteiger partial charge in [0.15, 0.2) is 0 Å². The third-order valence-electron chi connectivity index (χ3n) is 5.54. The summed E-state index contributed by atoms with van der Waals surface area (Å²) in [6.07, 6.45) is 4.59. The zero-order valence-electron chi connectivity index (χ0n) is 20.2. The Kier molecular flexibility index (Phi) is 6.54. The average molecular weight is 512 g/mol. The van der Waals surface area contributed by atoms with Gasteiger partial charge in [-0.2, -0.15) is 5.10 Å². The fourth-order valence-corrected chi connectivity index (χ4v) is 4.13. The lowest BCUT2D eigenvalue weighted by Gasteiger charge is -2.18. The third kappa shape index (κ3) is 5.37. The van der Waals surface area contributed by atoms with Crippen LogP contribution in [0.5, 0.6) is 11.5 Å². The fraction of sp³-hybridized carbons (Fsp3) is 0.240. The number of fused-ring (bicyclic) bond motifs is 1. The zero-order valence-corrected chi connectivity index (χ0v) is 21.1. The Morgan fingerprint density at radius 2 is 1.92 bits per heavy atom. The second kappa shape index (κ2) is 9.32. The summed E-state index contributed by atoms with van der Waals surface area (Å²) in [6.45, 7) is 7.50. The van der Waals surface area contributed by atoms with Gasteiger partial charge in [-0.1, -0.05) is 6.07 Å². The summed E-state index contributed by atoms with van der Waals surface area (Å²) in [5.41, 5.74) is 1.18. The Labute approximate surface area is 208 Å². The van der Waals surface area contributed by atoms with Crippen LogP contribution in [0.25, 0.3) is 10.9 Å². The number of hydrogen-bond donors (Lipinski definition) is 2. The lowest BCUT2D eigenvalue weighted by atomic mass is 10.1. The Morgan fingerprint density at radius 3 is 2.58 bits per heavy atom. The molecule has 0 aliphatic heterocycles. The Balaban J connectivity index is 1.55. The van der Waals surface area contributed by atoms with Gasteiger partial charge in [-0.15, -0.1) is 0 Å². The number of nitrogens with zero attached hydrogens (tertiary/aromatic N) is 3. The van der Waals surface area contributed by atoms with Crippen LogP contribution in [0, 0.1) is 12.7 Å². The third-order valence-corrected chi connectivity index (χ3v) is 6.45. The summed E-state index contributed by atoms with van der Waals surface area (Å²) in [4.78, 5) is 16.6. The molecule has 9 nitrogen and oxygen atoms in total. The monoisotopic (exact) mass is 511 g/mol. The van der Waals surface area contributed by atoms with Crippen molar-refractivity contribution in [1.29, 1.82) is 0 Å². The lowest BCUT2D eigenvalue weighted by molar-refractivity contribution is -0.115. The van der Waals surface area contributed by atoms with Crippen LogP contribution in [-0.4, -0.2) is 29.1 Å². The molecule has 0 fully saturated rings. The van der Waals surface area contributed by atoms with Crippen molar-refractivity contribution in [2.75, 3.05) is 5.32 Å². The predicted molar refractivity (Wildman–Crippen MR) is 134 cm³/mol. The number of carbonyl (C=O) groups is 1. The number of nitrogens with one attached hydrogen (secondary N) is 1. The average Bonchev–Trinajstić information content (AvgIpc) is 3.27. The number of sulfonamides is 1. The van der Waals surface area contributed by atoms with Crippen LogP contribution in [0.15, 0.2) is 59.9 Å². The summed E-state index contributed by atoms with van der Waals surface area (Å²) >= 11 is 0. The number of pyridine rings is 1. The molecule has 0 aliphatic carbocycles. The molecule has 4 rings (SSSR count). The highest BCUT2D eigenvalue weighted by Crippen LogP contribution is 2.33. The molecular weight excluding hydrogens is 485 g/mol. The zero-order chi connectivity index (χ0) is 26.3. The molecule has 1 amide bonds. The van der Waals surface area contributed by atoms with Gasteiger partial charge in [0.25, 0.3) is 0 Å². The van der Waals surface area contributed by atoms with E-state index in [2.05, 4.69) is 15.4 Å². The Morgan fingerprint density at radius 1 is 1.17 bits per heavy atom. The second-order valence-electron chi connectivity index (χ2n) is 9.37. The van der Waals surface area contributed by atoms with Crippen LogP contribution in [0.3, 0.4) is 0 Å². The highest BCUT2D eigenvalue weighted by Gasteiger charge is 2.18. The minimum atomic E-state index is -3.93. The van der Waals surface area contributed by atoms with Crippen LogP contribution >= 0.6 is 0 Å². The van der Waals surface area contributed by atoms with Crippen LogP contribution in [0.1, 0.15) is 31.9 Å². The van der Waals surface area contributed by atoms with Gasteiger partial charge in [0.05, 0.1) is 34.3 Å². The number of hydrogen-bond acceptors (Lipinski definition) is 6. The maximum Gasteiger partial charge on any atom is 0.238 e. The van der Waals surface area contributed by atoms with E-state index in [9.17, 15) is 13.2 Å². The topological polar surface area (TPSA) is 129 Å². The van der Waals surface area contributed by atoms with E-state index in [1.165, 1.54) is 30.5 Å².